The number of nitrogens with zero attached hydrogens (tertiary/aromatic N) is 5. The highest BCUT2D eigenvalue weighted by Gasteiger charge is 2.34. The molecular formula is C15H21N5O6S. The van der Waals surface area contributed by atoms with Gasteiger partial charge in [0.1, 0.15) is 17.1 Å². The smallest absolute Gasteiger partial charge is 0.392 e. The number of amides is 1. The van der Waals surface area contributed by atoms with E-state index in [9.17, 15) is 18.0 Å². The quantitative estimate of drug-likeness (QED) is 0.660. The number of carbonyl (C=O) groups is 1. The summed E-state index contributed by atoms with van der Waals surface area (Å²) in [5.74, 6) is -0.492. The van der Waals surface area contributed by atoms with Crippen LogP contribution in [0.4, 0.5) is 0 Å². The molecule has 3 heterocycles. The van der Waals surface area contributed by atoms with Crippen LogP contribution in [0.5, 0.6) is 0 Å². The highest BCUT2D eigenvalue weighted by atomic mass is 32.2. The first kappa shape index (κ1) is 19.3. The summed E-state index contributed by atoms with van der Waals surface area (Å²) in [4.78, 5) is 25.6. The van der Waals surface area contributed by atoms with Gasteiger partial charge in [0.05, 0.1) is 0 Å². The van der Waals surface area contributed by atoms with Crippen LogP contribution in [0.1, 0.15) is 24.3 Å². The summed E-state index contributed by atoms with van der Waals surface area (Å²) in [5.41, 5.74) is 0.308. The van der Waals surface area contributed by atoms with Gasteiger partial charge in [-0.05, 0) is 13.8 Å². The van der Waals surface area contributed by atoms with Gasteiger partial charge in [-0.3, -0.25) is 4.79 Å². The zero-order chi connectivity index (χ0) is 19.8. The fraction of sp³-hybridized carbons (Fsp3) is 0.600. The number of sulfonamides is 1. The Morgan fingerprint density at radius 3 is 2.37 bits per heavy atom. The minimum atomic E-state index is -3.74. The summed E-state index contributed by atoms with van der Waals surface area (Å²) in [6.07, 6.45) is 0.453. The van der Waals surface area contributed by atoms with E-state index in [0.717, 1.165) is 4.68 Å². The van der Waals surface area contributed by atoms with Crippen molar-refractivity contribution in [2.75, 3.05) is 26.2 Å². The van der Waals surface area contributed by atoms with Crippen molar-refractivity contribution in [2.45, 2.75) is 38.6 Å². The molecule has 27 heavy (non-hydrogen) atoms. The molecule has 0 unspecified atom stereocenters. The molecule has 2 aromatic rings. The van der Waals surface area contributed by atoms with Crippen LogP contribution < -0.4 is 5.76 Å². The number of aryl methyl sites for hydroxylation is 3. The SMILES string of the molecule is CCc1nn(CC(=O)N2CCN(S(=O)(=O)c3c(C)noc3C)CC2)c(=O)o1. The van der Waals surface area contributed by atoms with Gasteiger partial charge in [0.2, 0.25) is 21.8 Å². The molecule has 0 atom stereocenters. The normalized spacial score (nSPS) is 16.0. The van der Waals surface area contributed by atoms with Crippen molar-refractivity contribution in [1.82, 2.24) is 24.1 Å². The molecule has 0 spiro atoms. The van der Waals surface area contributed by atoms with Gasteiger partial charge in [0.25, 0.3) is 0 Å². The zero-order valence-electron chi connectivity index (χ0n) is 15.3. The van der Waals surface area contributed by atoms with Gasteiger partial charge in [-0.2, -0.15) is 8.99 Å². The summed E-state index contributed by atoms with van der Waals surface area (Å²) in [6.45, 7) is 5.40. The molecule has 11 nitrogen and oxygen atoms in total. The Balaban J connectivity index is 1.65. The number of aromatic nitrogens is 3. The van der Waals surface area contributed by atoms with E-state index >= 15 is 0 Å². The molecule has 1 saturated heterocycles. The van der Waals surface area contributed by atoms with Gasteiger partial charge >= 0.3 is 5.76 Å². The number of carbonyl (C=O) groups excluding carboxylic acids is 1. The highest BCUT2D eigenvalue weighted by Crippen LogP contribution is 2.24. The van der Waals surface area contributed by atoms with Crippen molar-refractivity contribution < 1.29 is 22.2 Å². The summed E-state index contributed by atoms with van der Waals surface area (Å²) in [5, 5.41) is 7.63. The third-order valence-electron chi connectivity index (χ3n) is 4.39. The van der Waals surface area contributed by atoms with Crippen LogP contribution in [0.15, 0.2) is 18.6 Å². The van der Waals surface area contributed by atoms with Crippen molar-refractivity contribution in [3.8, 4) is 0 Å². The van der Waals surface area contributed by atoms with Crippen LogP contribution in [-0.4, -0.2) is 64.6 Å². The molecule has 148 valence electrons. The second-order valence-electron chi connectivity index (χ2n) is 6.21. The highest BCUT2D eigenvalue weighted by molar-refractivity contribution is 7.89. The van der Waals surface area contributed by atoms with Crippen molar-refractivity contribution in [2.24, 2.45) is 0 Å². The first-order chi connectivity index (χ1) is 12.7. The number of hydrogen-bond acceptors (Lipinski definition) is 8. The fourth-order valence-electron chi connectivity index (χ4n) is 2.97. The molecule has 0 aromatic carbocycles. The average molecular weight is 399 g/mol. The van der Waals surface area contributed by atoms with Crippen LogP contribution in [0, 0.1) is 13.8 Å². The molecule has 0 aliphatic carbocycles. The predicted molar refractivity (Wildman–Crippen MR) is 91.5 cm³/mol. The predicted octanol–water partition coefficient (Wildman–Crippen LogP) is -0.463. The molecule has 1 aliphatic rings. The van der Waals surface area contributed by atoms with Crippen LogP contribution in [0.2, 0.25) is 0 Å². The molecule has 0 radical (unpaired) electrons. The summed E-state index contributed by atoms with van der Waals surface area (Å²) >= 11 is 0. The second kappa shape index (κ2) is 7.27. The lowest BCUT2D eigenvalue weighted by Crippen LogP contribution is -2.51. The molecule has 3 rings (SSSR count). The molecular weight excluding hydrogens is 378 g/mol. The molecule has 0 bridgehead atoms. The van der Waals surface area contributed by atoms with E-state index in [0.29, 0.717) is 12.1 Å². The van der Waals surface area contributed by atoms with Gasteiger partial charge in [0.15, 0.2) is 5.76 Å². The van der Waals surface area contributed by atoms with E-state index < -0.39 is 15.8 Å². The average Bonchev–Trinajstić information content (AvgIpc) is 3.17. The standard InChI is InChI=1S/C15H21N5O6S/c1-4-12-16-20(15(22)25-12)9-13(21)18-5-7-19(8-6-18)27(23,24)14-10(2)17-26-11(14)3/h4-9H2,1-3H3. The zero-order valence-corrected chi connectivity index (χ0v) is 16.2. The van der Waals surface area contributed by atoms with Crippen molar-refractivity contribution in [3.05, 3.63) is 27.9 Å². The fourth-order valence-corrected chi connectivity index (χ4v) is 4.68. The number of piperazine rings is 1. The lowest BCUT2D eigenvalue weighted by molar-refractivity contribution is -0.133. The minimum absolute atomic E-state index is 0.0727. The third-order valence-corrected chi connectivity index (χ3v) is 6.54. The summed E-state index contributed by atoms with van der Waals surface area (Å²) < 4.78 is 37.7. The van der Waals surface area contributed by atoms with E-state index in [1.165, 1.54) is 9.21 Å². The van der Waals surface area contributed by atoms with E-state index in [4.69, 9.17) is 8.94 Å². The van der Waals surface area contributed by atoms with Gasteiger partial charge in [-0.1, -0.05) is 12.1 Å². The first-order valence-corrected chi connectivity index (χ1v) is 9.95. The van der Waals surface area contributed by atoms with E-state index in [-0.39, 0.29) is 55.2 Å². The Morgan fingerprint density at radius 1 is 1.19 bits per heavy atom. The topological polar surface area (TPSA) is 132 Å². The van der Waals surface area contributed by atoms with Gasteiger partial charge in [-0.15, -0.1) is 5.10 Å². The van der Waals surface area contributed by atoms with Gasteiger partial charge < -0.3 is 13.8 Å². The maximum Gasteiger partial charge on any atom is 0.437 e. The molecule has 0 N–H and O–H groups in total. The first-order valence-electron chi connectivity index (χ1n) is 8.51. The Bertz CT molecular complexity index is 977. The van der Waals surface area contributed by atoms with Crippen molar-refractivity contribution in [1.29, 1.82) is 0 Å². The van der Waals surface area contributed by atoms with Crippen molar-refractivity contribution in [3.63, 3.8) is 0 Å². The van der Waals surface area contributed by atoms with E-state index in [1.807, 2.05) is 0 Å². The molecule has 2 aromatic heterocycles. The van der Waals surface area contributed by atoms with E-state index in [1.54, 1.807) is 20.8 Å². The minimum Gasteiger partial charge on any atom is -0.392 e. The third kappa shape index (κ3) is 3.67. The Labute approximate surface area is 155 Å². The number of hydrogen-bond donors (Lipinski definition) is 0. The van der Waals surface area contributed by atoms with Crippen LogP contribution in [-0.2, 0) is 27.8 Å². The summed E-state index contributed by atoms with van der Waals surface area (Å²) in [6, 6.07) is 0. The maximum absolute atomic E-state index is 12.8. The molecule has 1 amide bonds. The van der Waals surface area contributed by atoms with Crippen LogP contribution in [0.3, 0.4) is 0 Å². The van der Waals surface area contributed by atoms with E-state index in [2.05, 4.69) is 10.3 Å². The van der Waals surface area contributed by atoms with Crippen molar-refractivity contribution >= 4 is 15.9 Å². The number of rotatable bonds is 5. The van der Waals surface area contributed by atoms with Gasteiger partial charge in [-0.25, -0.2) is 13.2 Å². The Kier molecular flexibility index (Phi) is 5.20. The Morgan fingerprint density at radius 2 is 1.85 bits per heavy atom. The molecule has 0 saturated carbocycles. The maximum atomic E-state index is 12.8. The molecule has 12 heteroatoms. The Hall–Kier alpha value is -2.47. The summed E-state index contributed by atoms with van der Waals surface area (Å²) in [7, 11) is -3.74. The lowest BCUT2D eigenvalue weighted by atomic mass is 10.3. The van der Waals surface area contributed by atoms with Crippen LogP contribution >= 0.6 is 0 Å². The van der Waals surface area contributed by atoms with Gasteiger partial charge in [0, 0.05) is 32.6 Å². The second-order valence-corrected chi connectivity index (χ2v) is 8.09. The van der Waals surface area contributed by atoms with Crippen LogP contribution in [0.25, 0.3) is 0 Å². The monoisotopic (exact) mass is 399 g/mol. The molecule has 1 aliphatic heterocycles. The molecule has 1 fully saturated rings. The largest absolute Gasteiger partial charge is 0.437 e. The lowest BCUT2D eigenvalue weighted by Gasteiger charge is -2.33.